The zero-order chi connectivity index (χ0) is 14.6. The Bertz CT molecular complexity index is 446. The van der Waals surface area contributed by atoms with Crippen LogP contribution in [-0.4, -0.2) is 23.7 Å². The number of nitrogens with zero attached hydrogens (tertiary/aromatic N) is 1. The predicted octanol–water partition coefficient (Wildman–Crippen LogP) is 3.39. The number of likely N-dealkylation sites (N-methyl/N-ethyl adjacent to an activating group) is 1. The van der Waals surface area contributed by atoms with Crippen molar-refractivity contribution in [2.75, 3.05) is 11.4 Å². The number of halogens is 3. The number of hydrogen-bond donors (Lipinski definition) is 1. The molecule has 1 rings (SSSR count). The summed E-state index contributed by atoms with van der Waals surface area (Å²) in [5, 5.41) is 9.10. The maximum absolute atomic E-state index is 12.6. The van der Waals surface area contributed by atoms with Crippen LogP contribution in [0.4, 0.5) is 18.9 Å². The predicted molar refractivity (Wildman–Crippen MR) is 66.2 cm³/mol. The minimum Gasteiger partial charge on any atom is -0.480 e. The third-order valence-corrected chi connectivity index (χ3v) is 2.89. The standard InChI is InChI=1S/C13H16F3NO2/c1-3-11(12(18)19)17(4-2)10-7-5-6-9(8-10)13(14,15)16/h5-8,11H,3-4H2,1-2H3,(H,18,19)/t11-/m1/s1. The van der Waals surface area contributed by atoms with Crippen molar-refractivity contribution in [3.8, 4) is 0 Å². The van der Waals surface area contributed by atoms with Gasteiger partial charge in [-0.3, -0.25) is 0 Å². The minimum atomic E-state index is -4.43. The van der Waals surface area contributed by atoms with Crippen LogP contribution in [0.15, 0.2) is 24.3 Å². The van der Waals surface area contributed by atoms with Gasteiger partial charge in [0.05, 0.1) is 5.56 Å². The lowest BCUT2D eigenvalue weighted by Crippen LogP contribution is -2.40. The van der Waals surface area contributed by atoms with E-state index in [-0.39, 0.29) is 5.69 Å². The van der Waals surface area contributed by atoms with E-state index >= 15 is 0 Å². The van der Waals surface area contributed by atoms with Crippen molar-refractivity contribution < 1.29 is 23.1 Å². The van der Waals surface area contributed by atoms with Crippen LogP contribution < -0.4 is 4.90 Å². The van der Waals surface area contributed by atoms with Crippen LogP contribution in [0.25, 0.3) is 0 Å². The van der Waals surface area contributed by atoms with Gasteiger partial charge in [0, 0.05) is 12.2 Å². The molecular formula is C13H16F3NO2. The molecule has 0 radical (unpaired) electrons. The van der Waals surface area contributed by atoms with Crippen LogP contribution in [0.5, 0.6) is 0 Å². The van der Waals surface area contributed by atoms with Gasteiger partial charge in [-0.1, -0.05) is 13.0 Å². The van der Waals surface area contributed by atoms with E-state index in [9.17, 15) is 18.0 Å². The normalized spacial score (nSPS) is 13.1. The monoisotopic (exact) mass is 275 g/mol. The zero-order valence-electron chi connectivity index (χ0n) is 10.7. The number of alkyl halides is 3. The van der Waals surface area contributed by atoms with E-state index in [1.165, 1.54) is 17.0 Å². The number of carboxylic acids is 1. The summed E-state index contributed by atoms with van der Waals surface area (Å²) < 4.78 is 37.9. The molecule has 0 spiro atoms. The van der Waals surface area contributed by atoms with E-state index in [4.69, 9.17) is 5.11 Å². The van der Waals surface area contributed by atoms with Gasteiger partial charge in [-0.25, -0.2) is 4.79 Å². The fourth-order valence-electron chi connectivity index (χ4n) is 1.97. The highest BCUT2D eigenvalue weighted by Crippen LogP contribution is 2.32. The Labute approximate surface area is 109 Å². The third-order valence-electron chi connectivity index (χ3n) is 2.89. The van der Waals surface area contributed by atoms with Gasteiger partial charge >= 0.3 is 12.1 Å². The maximum atomic E-state index is 12.6. The Hall–Kier alpha value is -1.72. The number of hydrogen-bond acceptors (Lipinski definition) is 2. The fourth-order valence-corrected chi connectivity index (χ4v) is 1.97. The summed E-state index contributed by atoms with van der Waals surface area (Å²) in [5.41, 5.74) is -0.504. The number of anilines is 1. The van der Waals surface area contributed by atoms with Crippen molar-refractivity contribution in [1.29, 1.82) is 0 Å². The largest absolute Gasteiger partial charge is 0.480 e. The molecule has 0 aliphatic carbocycles. The minimum absolute atomic E-state index is 0.270. The summed E-state index contributed by atoms with van der Waals surface area (Å²) in [4.78, 5) is 12.6. The smallest absolute Gasteiger partial charge is 0.416 e. The molecular weight excluding hydrogens is 259 g/mol. The Morgan fingerprint density at radius 1 is 1.37 bits per heavy atom. The second kappa shape index (κ2) is 5.95. The number of rotatable bonds is 5. The van der Waals surface area contributed by atoms with Gasteiger partial charge in [-0.05, 0) is 31.5 Å². The zero-order valence-corrected chi connectivity index (χ0v) is 10.7. The van der Waals surface area contributed by atoms with E-state index in [2.05, 4.69) is 0 Å². The molecule has 0 saturated heterocycles. The molecule has 0 unspecified atom stereocenters. The maximum Gasteiger partial charge on any atom is 0.416 e. The molecule has 0 saturated carbocycles. The summed E-state index contributed by atoms with van der Waals surface area (Å²) in [6.07, 6.45) is -4.11. The van der Waals surface area contributed by atoms with Crippen LogP contribution in [-0.2, 0) is 11.0 Å². The first kappa shape index (κ1) is 15.3. The van der Waals surface area contributed by atoms with E-state index in [1.54, 1.807) is 13.8 Å². The molecule has 106 valence electrons. The molecule has 1 aromatic carbocycles. The van der Waals surface area contributed by atoms with Crippen molar-refractivity contribution in [2.24, 2.45) is 0 Å². The second-order valence-corrected chi connectivity index (χ2v) is 4.10. The van der Waals surface area contributed by atoms with Crippen LogP contribution in [0.2, 0.25) is 0 Å². The molecule has 19 heavy (non-hydrogen) atoms. The molecule has 0 aliphatic rings. The van der Waals surface area contributed by atoms with E-state index in [1.807, 2.05) is 0 Å². The summed E-state index contributed by atoms with van der Waals surface area (Å²) in [5.74, 6) is -1.04. The van der Waals surface area contributed by atoms with Gasteiger partial charge in [0.15, 0.2) is 0 Å². The quantitative estimate of drug-likeness (QED) is 0.895. The highest BCUT2D eigenvalue weighted by atomic mass is 19.4. The number of benzene rings is 1. The van der Waals surface area contributed by atoms with Gasteiger partial charge in [0.25, 0.3) is 0 Å². The summed E-state index contributed by atoms with van der Waals surface area (Å²) in [6, 6.07) is 3.90. The molecule has 0 heterocycles. The first-order valence-corrected chi connectivity index (χ1v) is 5.98. The van der Waals surface area contributed by atoms with E-state index < -0.39 is 23.8 Å². The van der Waals surface area contributed by atoms with Crippen LogP contribution in [0.1, 0.15) is 25.8 Å². The Morgan fingerprint density at radius 3 is 2.42 bits per heavy atom. The fraction of sp³-hybridized carbons (Fsp3) is 0.462. The lowest BCUT2D eigenvalue weighted by atomic mass is 10.1. The molecule has 6 heteroatoms. The van der Waals surface area contributed by atoms with Gasteiger partial charge in [-0.15, -0.1) is 0 Å². The Balaban J connectivity index is 3.15. The molecule has 0 bridgehead atoms. The average molecular weight is 275 g/mol. The number of carboxylic acid groups (broad SMARTS) is 1. The molecule has 0 amide bonds. The summed E-state index contributed by atoms with van der Waals surface area (Å²) in [6.45, 7) is 3.73. The van der Waals surface area contributed by atoms with Gasteiger partial charge in [0.2, 0.25) is 0 Å². The van der Waals surface area contributed by atoms with Crippen LogP contribution in [0, 0.1) is 0 Å². The number of carbonyl (C=O) groups is 1. The van der Waals surface area contributed by atoms with E-state index in [0.717, 1.165) is 12.1 Å². The second-order valence-electron chi connectivity index (χ2n) is 4.10. The van der Waals surface area contributed by atoms with Crippen molar-refractivity contribution in [3.05, 3.63) is 29.8 Å². The highest BCUT2D eigenvalue weighted by molar-refractivity contribution is 5.78. The Kier molecular flexibility index (Phi) is 4.80. The highest BCUT2D eigenvalue weighted by Gasteiger charge is 2.31. The molecule has 1 aromatic rings. The summed E-state index contributed by atoms with van der Waals surface area (Å²) >= 11 is 0. The molecule has 1 N–H and O–H groups in total. The van der Waals surface area contributed by atoms with Gasteiger partial charge < -0.3 is 10.0 Å². The summed E-state index contributed by atoms with van der Waals surface area (Å²) in [7, 11) is 0. The first-order valence-electron chi connectivity index (χ1n) is 5.98. The molecule has 0 aromatic heterocycles. The molecule has 1 atom stereocenters. The first-order chi connectivity index (χ1) is 8.81. The van der Waals surface area contributed by atoms with Crippen molar-refractivity contribution in [3.63, 3.8) is 0 Å². The lowest BCUT2D eigenvalue weighted by Gasteiger charge is -2.29. The van der Waals surface area contributed by atoms with E-state index in [0.29, 0.717) is 13.0 Å². The third kappa shape index (κ3) is 3.62. The van der Waals surface area contributed by atoms with Crippen molar-refractivity contribution in [1.82, 2.24) is 0 Å². The van der Waals surface area contributed by atoms with Crippen LogP contribution in [0.3, 0.4) is 0 Å². The van der Waals surface area contributed by atoms with Gasteiger partial charge in [-0.2, -0.15) is 13.2 Å². The average Bonchev–Trinajstić information content (AvgIpc) is 2.34. The van der Waals surface area contributed by atoms with Gasteiger partial charge in [0.1, 0.15) is 6.04 Å². The molecule has 0 aliphatic heterocycles. The topological polar surface area (TPSA) is 40.5 Å². The lowest BCUT2D eigenvalue weighted by molar-refractivity contribution is -0.138. The Morgan fingerprint density at radius 2 is 2.00 bits per heavy atom. The molecule has 3 nitrogen and oxygen atoms in total. The SMILES string of the molecule is CC[C@H](C(=O)O)N(CC)c1cccc(C(F)(F)F)c1. The number of aliphatic carboxylic acids is 1. The van der Waals surface area contributed by atoms with Crippen molar-refractivity contribution in [2.45, 2.75) is 32.5 Å². The van der Waals surface area contributed by atoms with Crippen molar-refractivity contribution >= 4 is 11.7 Å². The molecule has 0 fully saturated rings. The van der Waals surface area contributed by atoms with Crippen LogP contribution >= 0.6 is 0 Å².